The van der Waals surface area contributed by atoms with Crippen LogP contribution in [0.25, 0.3) is 0 Å². The van der Waals surface area contributed by atoms with Gasteiger partial charge in [0, 0.05) is 17.7 Å². The van der Waals surface area contributed by atoms with E-state index in [2.05, 4.69) is 5.32 Å². The van der Waals surface area contributed by atoms with Crippen LogP contribution in [-0.2, 0) is 14.3 Å². The van der Waals surface area contributed by atoms with Crippen molar-refractivity contribution in [1.29, 1.82) is 0 Å². The number of aryl methyl sites for hydroxylation is 2. The average Bonchev–Trinajstić information content (AvgIpc) is 2.63. The van der Waals surface area contributed by atoms with E-state index in [1.54, 1.807) is 0 Å². The molecular formula is C20H19Cl2NO4. The van der Waals surface area contributed by atoms with Crippen molar-refractivity contribution in [2.24, 2.45) is 0 Å². The van der Waals surface area contributed by atoms with Gasteiger partial charge in [-0.3, -0.25) is 14.4 Å². The van der Waals surface area contributed by atoms with Crippen LogP contribution >= 0.6 is 23.2 Å². The zero-order valence-corrected chi connectivity index (χ0v) is 16.5. The Morgan fingerprint density at radius 1 is 0.963 bits per heavy atom. The Morgan fingerprint density at radius 3 is 2.41 bits per heavy atom. The zero-order chi connectivity index (χ0) is 20.0. The molecule has 0 atom stereocenters. The number of halogens is 2. The van der Waals surface area contributed by atoms with E-state index < -0.39 is 18.4 Å². The topological polar surface area (TPSA) is 72.5 Å². The molecule has 0 bridgehead atoms. The van der Waals surface area contributed by atoms with Crippen LogP contribution in [0.15, 0.2) is 36.4 Å². The fourth-order valence-corrected chi connectivity index (χ4v) is 2.57. The number of benzene rings is 2. The highest BCUT2D eigenvalue weighted by atomic mass is 35.5. The minimum atomic E-state index is -0.625. The molecule has 5 nitrogen and oxygen atoms in total. The molecule has 0 aromatic heterocycles. The molecule has 0 aliphatic heterocycles. The Hall–Kier alpha value is -2.37. The fourth-order valence-electron chi connectivity index (χ4n) is 2.27. The first-order valence-electron chi connectivity index (χ1n) is 8.27. The first-order chi connectivity index (χ1) is 12.8. The number of nitrogens with one attached hydrogen (secondary N) is 1. The van der Waals surface area contributed by atoms with Crippen LogP contribution in [-0.4, -0.2) is 24.3 Å². The maximum Gasteiger partial charge on any atom is 0.306 e. The standard InChI is InChI=1S/C20H19Cl2NO4/c1-12-3-4-13(2)17(9-12)23-19(25)7-8-20(26)27-11-18(24)14-5-6-15(21)16(22)10-14/h3-6,9-10H,7-8,11H2,1-2H3,(H,23,25). The van der Waals surface area contributed by atoms with Crippen LogP contribution in [0.4, 0.5) is 5.69 Å². The number of carbonyl (C=O) groups excluding carboxylic acids is 3. The van der Waals surface area contributed by atoms with Crippen molar-refractivity contribution in [2.75, 3.05) is 11.9 Å². The number of Topliss-reactive ketones (excluding diaryl/α,β-unsaturated/α-hetero) is 1. The van der Waals surface area contributed by atoms with E-state index in [1.807, 2.05) is 32.0 Å². The minimum Gasteiger partial charge on any atom is -0.457 e. The van der Waals surface area contributed by atoms with E-state index in [9.17, 15) is 14.4 Å². The summed E-state index contributed by atoms with van der Waals surface area (Å²) in [5, 5.41) is 3.35. The molecule has 0 radical (unpaired) electrons. The van der Waals surface area contributed by atoms with Gasteiger partial charge in [0.15, 0.2) is 12.4 Å². The number of anilines is 1. The van der Waals surface area contributed by atoms with Crippen LogP contribution < -0.4 is 5.32 Å². The maximum atomic E-state index is 12.0. The molecule has 0 aliphatic rings. The number of carbonyl (C=O) groups is 3. The molecule has 0 saturated heterocycles. The van der Waals surface area contributed by atoms with E-state index in [0.717, 1.165) is 11.1 Å². The van der Waals surface area contributed by atoms with Gasteiger partial charge >= 0.3 is 5.97 Å². The Balaban J connectivity index is 1.78. The molecule has 0 saturated carbocycles. The van der Waals surface area contributed by atoms with E-state index in [1.165, 1.54) is 18.2 Å². The van der Waals surface area contributed by atoms with Gasteiger partial charge in [0.2, 0.25) is 5.91 Å². The number of ketones is 1. The summed E-state index contributed by atoms with van der Waals surface area (Å²) in [4.78, 5) is 35.8. The predicted molar refractivity (Wildman–Crippen MR) is 106 cm³/mol. The SMILES string of the molecule is Cc1ccc(C)c(NC(=O)CCC(=O)OCC(=O)c2ccc(Cl)c(Cl)c2)c1. The summed E-state index contributed by atoms with van der Waals surface area (Å²) < 4.78 is 4.93. The van der Waals surface area contributed by atoms with Gasteiger partial charge in [0.25, 0.3) is 0 Å². The smallest absolute Gasteiger partial charge is 0.306 e. The van der Waals surface area contributed by atoms with E-state index in [4.69, 9.17) is 27.9 Å². The Morgan fingerprint density at radius 2 is 1.70 bits per heavy atom. The molecule has 0 spiro atoms. The lowest BCUT2D eigenvalue weighted by atomic mass is 10.1. The highest BCUT2D eigenvalue weighted by Crippen LogP contribution is 2.23. The van der Waals surface area contributed by atoms with Gasteiger partial charge in [-0.05, 0) is 49.2 Å². The van der Waals surface area contributed by atoms with Gasteiger partial charge in [-0.15, -0.1) is 0 Å². The number of hydrogen-bond acceptors (Lipinski definition) is 4. The quantitative estimate of drug-likeness (QED) is 0.530. The number of esters is 1. The number of ether oxygens (including phenoxy) is 1. The first kappa shape index (κ1) is 20.9. The van der Waals surface area contributed by atoms with Gasteiger partial charge in [-0.25, -0.2) is 0 Å². The molecule has 2 aromatic carbocycles. The number of rotatable bonds is 7. The highest BCUT2D eigenvalue weighted by molar-refractivity contribution is 6.42. The maximum absolute atomic E-state index is 12.0. The molecule has 27 heavy (non-hydrogen) atoms. The van der Waals surface area contributed by atoms with Crippen LogP contribution in [0, 0.1) is 13.8 Å². The summed E-state index contributed by atoms with van der Waals surface area (Å²) in [6.45, 7) is 3.39. The van der Waals surface area contributed by atoms with Crippen LogP contribution in [0.5, 0.6) is 0 Å². The van der Waals surface area contributed by atoms with Gasteiger partial charge in [0.05, 0.1) is 16.5 Å². The molecule has 0 fully saturated rings. The van der Waals surface area contributed by atoms with Crippen molar-refractivity contribution in [3.05, 3.63) is 63.1 Å². The normalized spacial score (nSPS) is 10.4. The molecule has 0 heterocycles. The lowest BCUT2D eigenvalue weighted by Gasteiger charge is -2.09. The number of amides is 1. The third kappa shape index (κ3) is 6.38. The number of hydrogen-bond donors (Lipinski definition) is 1. The first-order valence-corrected chi connectivity index (χ1v) is 9.03. The van der Waals surface area contributed by atoms with Crippen LogP contribution in [0.3, 0.4) is 0 Å². The Labute approximate surface area is 167 Å². The second kappa shape index (κ2) is 9.53. The Bertz CT molecular complexity index is 880. The lowest BCUT2D eigenvalue weighted by molar-refractivity contribution is -0.143. The molecule has 7 heteroatoms. The zero-order valence-electron chi connectivity index (χ0n) is 15.0. The lowest BCUT2D eigenvalue weighted by Crippen LogP contribution is -2.17. The third-order valence-corrected chi connectivity index (χ3v) is 4.57. The predicted octanol–water partition coefficient (Wildman–Crippen LogP) is 4.76. The van der Waals surface area contributed by atoms with E-state index in [0.29, 0.717) is 16.3 Å². The van der Waals surface area contributed by atoms with Gasteiger partial charge in [0.1, 0.15) is 0 Å². The fraction of sp³-hybridized carbons (Fsp3) is 0.250. The Kier molecular flexibility index (Phi) is 7.39. The van der Waals surface area contributed by atoms with Gasteiger partial charge < -0.3 is 10.1 Å². The molecular weight excluding hydrogens is 389 g/mol. The molecule has 1 N–H and O–H groups in total. The summed E-state index contributed by atoms with van der Waals surface area (Å²) in [5.41, 5.74) is 2.97. The van der Waals surface area contributed by atoms with Crippen molar-refractivity contribution in [3.8, 4) is 0 Å². The summed E-state index contributed by atoms with van der Waals surface area (Å²) in [6.07, 6.45) is -0.154. The van der Waals surface area contributed by atoms with Crippen LogP contribution in [0.1, 0.15) is 34.3 Å². The van der Waals surface area contributed by atoms with Gasteiger partial charge in [-0.2, -0.15) is 0 Å². The summed E-state index contributed by atoms with van der Waals surface area (Å²) in [5.74, 6) is -1.32. The monoisotopic (exact) mass is 407 g/mol. The second-order valence-electron chi connectivity index (χ2n) is 6.08. The molecule has 2 rings (SSSR count). The minimum absolute atomic E-state index is 0.0345. The van der Waals surface area contributed by atoms with Crippen molar-refractivity contribution in [1.82, 2.24) is 0 Å². The summed E-state index contributed by atoms with van der Waals surface area (Å²) in [6, 6.07) is 10.1. The summed E-state index contributed by atoms with van der Waals surface area (Å²) >= 11 is 11.6. The van der Waals surface area contributed by atoms with Crippen molar-refractivity contribution in [3.63, 3.8) is 0 Å². The molecule has 0 aliphatic carbocycles. The van der Waals surface area contributed by atoms with Gasteiger partial charge in [-0.1, -0.05) is 35.3 Å². The van der Waals surface area contributed by atoms with Crippen molar-refractivity contribution >= 4 is 46.5 Å². The molecule has 2 aromatic rings. The van der Waals surface area contributed by atoms with E-state index in [-0.39, 0.29) is 23.8 Å². The second-order valence-corrected chi connectivity index (χ2v) is 6.89. The van der Waals surface area contributed by atoms with E-state index >= 15 is 0 Å². The van der Waals surface area contributed by atoms with Crippen LogP contribution in [0.2, 0.25) is 10.0 Å². The molecule has 142 valence electrons. The largest absolute Gasteiger partial charge is 0.457 e. The highest BCUT2D eigenvalue weighted by Gasteiger charge is 2.13. The van der Waals surface area contributed by atoms with Crippen molar-refractivity contribution in [2.45, 2.75) is 26.7 Å². The molecule has 0 unspecified atom stereocenters. The summed E-state index contributed by atoms with van der Waals surface area (Å²) in [7, 11) is 0. The third-order valence-electron chi connectivity index (χ3n) is 3.83. The van der Waals surface area contributed by atoms with Crippen molar-refractivity contribution < 1.29 is 19.1 Å². The average molecular weight is 408 g/mol. The molecule has 1 amide bonds.